The molecule has 104 valence electrons. The Kier molecular flexibility index (Phi) is 4.26. The second-order valence-electron chi connectivity index (χ2n) is 4.67. The van der Waals surface area contributed by atoms with Crippen molar-refractivity contribution in [3.63, 3.8) is 0 Å². The molecule has 0 amide bonds. The number of aliphatic hydroxyl groups excluding tert-OH is 1. The van der Waals surface area contributed by atoms with Crippen molar-refractivity contribution in [1.29, 1.82) is 5.26 Å². The van der Waals surface area contributed by atoms with Gasteiger partial charge in [-0.15, -0.1) is 11.3 Å². The molecule has 1 aliphatic rings. The predicted molar refractivity (Wildman–Crippen MR) is 72.2 cm³/mol. The molecule has 2 unspecified atom stereocenters. The highest BCUT2D eigenvalue weighted by Crippen LogP contribution is 2.29. The van der Waals surface area contributed by atoms with E-state index in [-0.39, 0.29) is 10.3 Å². The maximum absolute atomic E-state index is 12.4. The van der Waals surface area contributed by atoms with E-state index in [4.69, 9.17) is 5.26 Å². The summed E-state index contributed by atoms with van der Waals surface area (Å²) in [4.78, 5) is 0.371. The fourth-order valence-corrected chi connectivity index (χ4v) is 5.06. The Hall–Kier alpha value is -0.940. The highest BCUT2D eigenvalue weighted by molar-refractivity contribution is 7.91. The van der Waals surface area contributed by atoms with Gasteiger partial charge in [0.2, 0.25) is 0 Å². The van der Waals surface area contributed by atoms with Gasteiger partial charge in [-0.2, -0.15) is 9.57 Å². The predicted octanol–water partition coefficient (Wildman–Crippen LogP) is 1.54. The summed E-state index contributed by atoms with van der Waals surface area (Å²) < 4.78 is 26.3. The molecule has 1 aliphatic carbocycles. The molecule has 0 spiro atoms. The van der Waals surface area contributed by atoms with Crippen LogP contribution in [0.25, 0.3) is 0 Å². The van der Waals surface area contributed by atoms with Gasteiger partial charge in [-0.3, -0.25) is 0 Å². The number of aliphatic hydroxyl groups is 1. The lowest BCUT2D eigenvalue weighted by molar-refractivity contribution is 0.0638. The summed E-state index contributed by atoms with van der Waals surface area (Å²) in [7, 11) is -2.12. The van der Waals surface area contributed by atoms with Crippen molar-refractivity contribution in [1.82, 2.24) is 4.31 Å². The van der Waals surface area contributed by atoms with Crippen LogP contribution in [0.4, 0.5) is 0 Å². The quantitative estimate of drug-likeness (QED) is 0.918. The Balaban J connectivity index is 2.26. The maximum Gasteiger partial charge on any atom is 0.252 e. The Morgan fingerprint density at radius 1 is 1.42 bits per heavy atom. The molecule has 1 aromatic heterocycles. The van der Waals surface area contributed by atoms with Crippen molar-refractivity contribution >= 4 is 21.4 Å². The Bertz CT molecular complexity index is 588. The van der Waals surface area contributed by atoms with Crippen LogP contribution in [0.1, 0.15) is 30.6 Å². The second-order valence-corrected chi connectivity index (χ2v) is 7.98. The minimum Gasteiger partial charge on any atom is -0.391 e. The standard InChI is InChI=1S/C12H16N2O3S2/c1-14(10-4-2-3-5-11(10)15)19(16,17)12-7-6-9(8-13)18-12/h6-7,10-11,15H,2-5H2,1H3. The SMILES string of the molecule is CN(C1CCCCC1O)S(=O)(=O)c1ccc(C#N)s1. The fourth-order valence-electron chi connectivity index (χ4n) is 2.35. The van der Waals surface area contributed by atoms with E-state index in [0.717, 1.165) is 24.2 Å². The van der Waals surface area contributed by atoms with Gasteiger partial charge in [0.25, 0.3) is 10.0 Å². The van der Waals surface area contributed by atoms with E-state index >= 15 is 0 Å². The molecular formula is C12H16N2O3S2. The van der Waals surface area contributed by atoms with Crippen molar-refractivity contribution in [3.05, 3.63) is 17.0 Å². The lowest BCUT2D eigenvalue weighted by atomic mass is 9.93. The first-order chi connectivity index (χ1) is 8.96. The minimum atomic E-state index is -3.62. The monoisotopic (exact) mass is 300 g/mol. The van der Waals surface area contributed by atoms with E-state index in [9.17, 15) is 13.5 Å². The number of hydrogen-bond acceptors (Lipinski definition) is 5. The van der Waals surface area contributed by atoms with Crippen LogP contribution < -0.4 is 0 Å². The Morgan fingerprint density at radius 3 is 2.68 bits per heavy atom. The third kappa shape index (κ3) is 2.82. The molecule has 0 bridgehead atoms. The van der Waals surface area contributed by atoms with Crippen molar-refractivity contribution in [3.8, 4) is 6.07 Å². The van der Waals surface area contributed by atoms with Gasteiger partial charge >= 0.3 is 0 Å². The topological polar surface area (TPSA) is 81.4 Å². The molecule has 1 heterocycles. The number of likely N-dealkylation sites (N-methyl/N-ethyl adjacent to an activating group) is 1. The molecule has 2 atom stereocenters. The first-order valence-corrected chi connectivity index (χ1v) is 8.38. The van der Waals surface area contributed by atoms with Crippen LogP contribution >= 0.6 is 11.3 Å². The first-order valence-electron chi connectivity index (χ1n) is 6.13. The third-order valence-electron chi connectivity index (χ3n) is 3.49. The lowest BCUT2D eigenvalue weighted by Gasteiger charge is -2.34. The molecule has 7 heteroatoms. The molecule has 0 radical (unpaired) electrons. The summed E-state index contributed by atoms with van der Waals surface area (Å²) >= 11 is 0.961. The zero-order valence-corrected chi connectivity index (χ0v) is 12.2. The number of nitrogens with zero attached hydrogens (tertiary/aromatic N) is 2. The van der Waals surface area contributed by atoms with Gasteiger partial charge in [-0.05, 0) is 25.0 Å². The van der Waals surface area contributed by atoms with Crippen molar-refractivity contribution in [2.75, 3.05) is 7.05 Å². The zero-order chi connectivity index (χ0) is 14.0. The molecule has 0 aliphatic heterocycles. The molecule has 0 saturated heterocycles. The van der Waals surface area contributed by atoms with Gasteiger partial charge in [-0.1, -0.05) is 12.8 Å². The molecule has 1 fully saturated rings. The fraction of sp³-hybridized carbons (Fsp3) is 0.583. The lowest BCUT2D eigenvalue weighted by Crippen LogP contribution is -2.45. The van der Waals surface area contributed by atoms with Crippen LogP contribution in [0.15, 0.2) is 16.3 Å². The summed E-state index contributed by atoms with van der Waals surface area (Å²) in [6.45, 7) is 0. The van der Waals surface area contributed by atoms with Crippen LogP contribution in [0.5, 0.6) is 0 Å². The third-order valence-corrected chi connectivity index (χ3v) is 6.83. The van der Waals surface area contributed by atoms with Crippen LogP contribution in [-0.4, -0.2) is 37.0 Å². The molecule has 19 heavy (non-hydrogen) atoms. The molecule has 1 N–H and O–H groups in total. The van der Waals surface area contributed by atoms with E-state index in [2.05, 4.69) is 0 Å². The van der Waals surface area contributed by atoms with Crippen LogP contribution in [-0.2, 0) is 10.0 Å². The van der Waals surface area contributed by atoms with Gasteiger partial charge in [-0.25, -0.2) is 8.42 Å². The number of hydrogen-bond donors (Lipinski definition) is 1. The maximum atomic E-state index is 12.4. The van der Waals surface area contributed by atoms with E-state index in [1.165, 1.54) is 23.5 Å². The van der Waals surface area contributed by atoms with Gasteiger partial charge in [0.15, 0.2) is 0 Å². The Labute approximate surface area is 117 Å². The summed E-state index contributed by atoms with van der Waals surface area (Å²) in [6, 6.07) is 4.52. The molecule has 2 rings (SSSR count). The van der Waals surface area contributed by atoms with Gasteiger partial charge in [0.05, 0.1) is 12.1 Å². The summed E-state index contributed by atoms with van der Waals surface area (Å²) in [5.74, 6) is 0. The summed E-state index contributed by atoms with van der Waals surface area (Å²) in [5.41, 5.74) is 0. The molecule has 0 aromatic carbocycles. The van der Waals surface area contributed by atoms with E-state index in [1.807, 2.05) is 6.07 Å². The molecule has 1 aromatic rings. The normalized spacial score (nSPS) is 24.3. The molecular weight excluding hydrogens is 284 g/mol. The minimum absolute atomic E-state index is 0.157. The summed E-state index contributed by atoms with van der Waals surface area (Å²) in [5, 5.41) is 18.7. The van der Waals surface area contributed by atoms with Gasteiger partial charge < -0.3 is 5.11 Å². The van der Waals surface area contributed by atoms with Crippen molar-refractivity contribution < 1.29 is 13.5 Å². The number of sulfonamides is 1. The number of rotatable bonds is 3. The molecule has 5 nitrogen and oxygen atoms in total. The van der Waals surface area contributed by atoms with Gasteiger partial charge in [0.1, 0.15) is 15.2 Å². The molecule has 1 saturated carbocycles. The zero-order valence-electron chi connectivity index (χ0n) is 10.6. The van der Waals surface area contributed by atoms with Crippen LogP contribution in [0, 0.1) is 11.3 Å². The number of nitriles is 1. The van der Waals surface area contributed by atoms with Crippen LogP contribution in [0.3, 0.4) is 0 Å². The highest BCUT2D eigenvalue weighted by Gasteiger charge is 2.34. The highest BCUT2D eigenvalue weighted by atomic mass is 32.2. The average Bonchev–Trinajstić information content (AvgIpc) is 2.88. The average molecular weight is 300 g/mol. The van der Waals surface area contributed by atoms with E-state index in [1.54, 1.807) is 0 Å². The van der Waals surface area contributed by atoms with Crippen molar-refractivity contribution in [2.24, 2.45) is 0 Å². The summed E-state index contributed by atoms with van der Waals surface area (Å²) in [6.07, 6.45) is 2.56. The first kappa shape index (κ1) is 14.5. The van der Waals surface area contributed by atoms with Gasteiger partial charge in [0, 0.05) is 7.05 Å². The van der Waals surface area contributed by atoms with Crippen molar-refractivity contribution in [2.45, 2.75) is 42.0 Å². The second kappa shape index (κ2) is 5.59. The van der Waals surface area contributed by atoms with Crippen LogP contribution in [0.2, 0.25) is 0 Å². The van der Waals surface area contributed by atoms with E-state index < -0.39 is 16.1 Å². The van der Waals surface area contributed by atoms with E-state index in [0.29, 0.717) is 17.7 Å². The largest absolute Gasteiger partial charge is 0.391 e. The Morgan fingerprint density at radius 2 is 2.11 bits per heavy atom. The smallest absolute Gasteiger partial charge is 0.252 e. The number of thiophene rings is 1.